The van der Waals surface area contributed by atoms with E-state index in [1.807, 2.05) is 10.3 Å². The van der Waals surface area contributed by atoms with E-state index in [0.29, 0.717) is 51.3 Å². The number of benzene rings is 4. The summed E-state index contributed by atoms with van der Waals surface area (Å²) in [6, 6.07) is 20.0. The zero-order valence-corrected chi connectivity index (χ0v) is 37.8. The van der Waals surface area contributed by atoms with Crippen LogP contribution in [-0.4, -0.2) is 97.6 Å². The van der Waals surface area contributed by atoms with Crippen molar-refractivity contribution in [2.24, 2.45) is 0 Å². The van der Waals surface area contributed by atoms with Crippen LogP contribution in [0.3, 0.4) is 0 Å². The Bertz CT molecular complexity index is 2670. The van der Waals surface area contributed by atoms with E-state index in [1.165, 1.54) is 91.2 Å². The summed E-state index contributed by atoms with van der Waals surface area (Å²) < 4.78 is 80.7. The molecular formula is C42H42F2N8O8S4. The van der Waals surface area contributed by atoms with Gasteiger partial charge >= 0.3 is 0 Å². The highest BCUT2D eigenvalue weighted by molar-refractivity contribution is 7.89. The molecule has 0 unspecified atom stereocenters. The first-order valence-electron chi connectivity index (χ1n) is 19.9. The molecule has 0 aliphatic carbocycles. The lowest BCUT2D eigenvalue weighted by atomic mass is 10.0. The number of nitrogens with zero attached hydrogens (tertiary/aromatic N) is 8. The molecule has 6 aromatic rings. The Balaban J connectivity index is 0.000000191. The molecule has 2 aromatic heterocycles. The van der Waals surface area contributed by atoms with Gasteiger partial charge in [0.15, 0.2) is 21.9 Å². The van der Waals surface area contributed by atoms with E-state index in [2.05, 4.69) is 47.3 Å². The van der Waals surface area contributed by atoms with Gasteiger partial charge in [0.1, 0.15) is 0 Å². The van der Waals surface area contributed by atoms with Crippen molar-refractivity contribution in [1.82, 2.24) is 18.6 Å². The number of anilines is 2. The van der Waals surface area contributed by atoms with Crippen LogP contribution in [0.2, 0.25) is 0 Å². The Hall–Kier alpha value is -5.78. The van der Waals surface area contributed by atoms with Crippen molar-refractivity contribution in [3.05, 3.63) is 161 Å². The quantitative estimate of drug-likeness (QED) is 0.0886. The molecule has 2 saturated heterocycles. The maximum atomic E-state index is 13.4. The fraction of sp³-hybridized carbons (Fsp3) is 0.286. The normalized spacial score (nSPS) is 15.1. The molecular weight excluding hydrogens is 911 g/mol. The maximum absolute atomic E-state index is 13.4. The van der Waals surface area contributed by atoms with Crippen LogP contribution in [0.25, 0.3) is 0 Å². The predicted molar refractivity (Wildman–Crippen MR) is 240 cm³/mol. The van der Waals surface area contributed by atoms with Crippen molar-refractivity contribution < 1.29 is 35.5 Å². The molecule has 2 aliphatic heterocycles. The van der Waals surface area contributed by atoms with Crippen LogP contribution in [0.4, 0.5) is 30.4 Å². The molecule has 336 valence electrons. The van der Waals surface area contributed by atoms with Gasteiger partial charge in [-0.3, -0.25) is 20.2 Å². The summed E-state index contributed by atoms with van der Waals surface area (Å²) in [4.78, 5) is 33.9. The summed E-state index contributed by atoms with van der Waals surface area (Å²) in [5, 5.41) is 27.1. The monoisotopic (exact) mass is 952 g/mol. The van der Waals surface area contributed by atoms with Crippen LogP contribution in [0.1, 0.15) is 33.6 Å². The van der Waals surface area contributed by atoms with Gasteiger partial charge in [-0.15, -0.1) is 22.7 Å². The Morgan fingerprint density at radius 1 is 0.562 bits per heavy atom. The molecule has 0 radical (unpaired) electrons. The zero-order valence-electron chi connectivity index (χ0n) is 34.5. The number of hydrogen-bond donors (Lipinski definition) is 0. The van der Waals surface area contributed by atoms with Gasteiger partial charge in [0.05, 0.1) is 31.0 Å². The number of thiazole rings is 2. The Morgan fingerprint density at radius 3 is 1.36 bits per heavy atom. The predicted octanol–water partition coefficient (Wildman–Crippen LogP) is 7.20. The molecule has 0 saturated carbocycles. The van der Waals surface area contributed by atoms with Gasteiger partial charge in [0, 0.05) is 100 Å². The van der Waals surface area contributed by atoms with Gasteiger partial charge in [0.2, 0.25) is 20.0 Å². The highest BCUT2D eigenvalue weighted by atomic mass is 32.2. The number of hydrogen-bond acceptors (Lipinski definition) is 14. The van der Waals surface area contributed by atoms with Gasteiger partial charge in [0.25, 0.3) is 11.4 Å². The average molecular weight is 953 g/mol. The molecule has 2 fully saturated rings. The minimum Gasteiger partial charge on any atom is -0.345 e. The van der Waals surface area contributed by atoms with Gasteiger partial charge in [-0.2, -0.15) is 8.61 Å². The van der Waals surface area contributed by atoms with Crippen molar-refractivity contribution in [3.8, 4) is 0 Å². The van der Waals surface area contributed by atoms with Crippen LogP contribution < -0.4 is 9.80 Å². The summed E-state index contributed by atoms with van der Waals surface area (Å²) in [7, 11) is -7.44. The molecule has 2 aliphatic rings. The van der Waals surface area contributed by atoms with Crippen molar-refractivity contribution in [2.75, 3.05) is 62.2 Å². The molecule has 4 aromatic carbocycles. The van der Waals surface area contributed by atoms with E-state index in [0.717, 1.165) is 40.2 Å². The van der Waals surface area contributed by atoms with Crippen LogP contribution in [0.5, 0.6) is 0 Å². The zero-order chi connectivity index (χ0) is 45.8. The lowest BCUT2D eigenvalue weighted by Crippen LogP contribution is -2.48. The van der Waals surface area contributed by atoms with Crippen LogP contribution in [-0.2, 0) is 32.9 Å². The highest BCUT2D eigenvalue weighted by Crippen LogP contribution is 2.28. The van der Waals surface area contributed by atoms with E-state index in [9.17, 15) is 45.8 Å². The van der Waals surface area contributed by atoms with Crippen LogP contribution in [0.15, 0.2) is 105 Å². The molecule has 0 atom stereocenters. The third kappa shape index (κ3) is 10.8. The molecule has 0 amide bonds. The smallest absolute Gasteiger partial charge is 0.269 e. The van der Waals surface area contributed by atoms with Crippen LogP contribution >= 0.6 is 22.7 Å². The number of aryl methyl sites for hydroxylation is 2. The van der Waals surface area contributed by atoms with E-state index >= 15 is 0 Å². The van der Waals surface area contributed by atoms with E-state index in [-0.39, 0.29) is 34.3 Å². The number of aromatic nitrogens is 2. The van der Waals surface area contributed by atoms with Crippen LogP contribution in [0, 0.1) is 45.7 Å². The topological polar surface area (TPSA) is 193 Å². The van der Waals surface area contributed by atoms with Crippen molar-refractivity contribution in [2.45, 2.75) is 36.5 Å². The van der Waals surface area contributed by atoms with E-state index < -0.39 is 41.5 Å². The summed E-state index contributed by atoms with van der Waals surface area (Å²) in [5.74, 6) is -1.79. The second-order valence-corrected chi connectivity index (χ2v) is 20.6. The molecule has 0 bridgehead atoms. The third-order valence-corrected chi connectivity index (χ3v) is 16.5. The number of nitro benzene ring substituents is 2. The molecule has 4 heterocycles. The molecule has 0 N–H and O–H groups in total. The second-order valence-electron chi connectivity index (χ2n) is 15.0. The first kappa shape index (κ1) is 46.2. The number of rotatable bonds is 12. The number of sulfonamides is 2. The molecule has 22 heteroatoms. The van der Waals surface area contributed by atoms with E-state index in [4.69, 9.17) is 4.98 Å². The number of piperazine rings is 2. The highest BCUT2D eigenvalue weighted by Gasteiger charge is 2.31. The standard InChI is InChI=1S/C22H24N4O4S2.C20H18F2N4O4S2/c1-16-3-4-18(13-17(16)2)14-19-15-31-22(23-19)24-9-11-25(12-10-24)32(29,30)21-7-5-20(6-8-21)26(27)28;21-18-6-1-14(12-19(18)22)11-15-13-31-20(23-15)24-7-9-25(10-8-24)32(29,30)17-4-2-16(3-5-17)26(27)28/h3-8,13,15H,9-12,14H2,1-2H3;1-6,12-13H,7-11H2. The van der Waals surface area contributed by atoms with Gasteiger partial charge < -0.3 is 9.80 Å². The van der Waals surface area contributed by atoms with Crippen molar-refractivity contribution in [1.29, 1.82) is 0 Å². The first-order chi connectivity index (χ1) is 30.5. The number of nitro groups is 2. The minimum atomic E-state index is -3.75. The molecule has 64 heavy (non-hydrogen) atoms. The summed E-state index contributed by atoms with van der Waals surface area (Å²) in [6.07, 6.45) is 1.13. The Labute approximate surface area is 376 Å². The number of non-ortho nitro benzene ring substituents is 2. The van der Waals surface area contributed by atoms with Gasteiger partial charge in [-0.1, -0.05) is 24.3 Å². The minimum absolute atomic E-state index is 0.0135. The van der Waals surface area contributed by atoms with Gasteiger partial charge in [-0.25, -0.2) is 35.6 Å². The second kappa shape index (κ2) is 19.5. The summed E-state index contributed by atoms with van der Waals surface area (Å²) in [5.41, 5.74) is 5.80. The fourth-order valence-corrected chi connectivity index (χ4v) is 11.6. The number of halogens is 2. The lowest BCUT2D eigenvalue weighted by Gasteiger charge is -2.33. The Kier molecular flexibility index (Phi) is 14.1. The molecule has 8 rings (SSSR count). The maximum Gasteiger partial charge on any atom is 0.269 e. The fourth-order valence-electron chi connectivity index (χ4n) is 7.04. The molecule has 0 spiro atoms. The third-order valence-electron chi connectivity index (χ3n) is 10.8. The van der Waals surface area contributed by atoms with E-state index in [1.54, 1.807) is 11.3 Å². The SMILES string of the molecule is Cc1ccc(Cc2csc(N3CCN(S(=O)(=O)c4ccc([N+](=O)[O-])cc4)CC3)n2)cc1C.O=[N+]([O-])c1ccc(S(=O)(=O)N2CCN(c3nc(Cc4ccc(F)c(F)c4)cs3)CC2)cc1. The first-order valence-corrected chi connectivity index (χ1v) is 24.5. The Morgan fingerprint density at radius 2 is 0.969 bits per heavy atom. The average Bonchev–Trinajstić information content (AvgIpc) is 3.97. The largest absolute Gasteiger partial charge is 0.345 e. The lowest BCUT2D eigenvalue weighted by molar-refractivity contribution is -0.385. The van der Waals surface area contributed by atoms with Crippen molar-refractivity contribution >= 4 is 64.4 Å². The van der Waals surface area contributed by atoms with Gasteiger partial charge in [-0.05, 0) is 72.5 Å². The van der Waals surface area contributed by atoms with Crippen molar-refractivity contribution in [3.63, 3.8) is 0 Å². The summed E-state index contributed by atoms with van der Waals surface area (Å²) in [6.45, 7) is 7.34. The molecule has 16 nitrogen and oxygen atoms in total. The summed E-state index contributed by atoms with van der Waals surface area (Å²) >= 11 is 2.98.